The van der Waals surface area contributed by atoms with Crippen LogP contribution < -0.4 is 5.73 Å². The van der Waals surface area contributed by atoms with E-state index in [0.717, 1.165) is 0 Å². The van der Waals surface area contributed by atoms with Crippen LogP contribution in [0.5, 0.6) is 0 Å². The number of hydrogen-bond donors (Lipinski definition) is 1. The molecule has 0 aliphatic heterocycles. The van der Waals surface area contributed by atoms with Crippen molar-refractivity contribution in [1.29, 1.82) is 0 Å². The molecule has 0 aromatic carbocycles. The number of hydrogen-bond acceptors (Lipinski definition) is 3. The van der Waals surface area contributed by atoms with Crippen LogP contribution in [-0.4, -0.2) is 32.1 Å². The van der Waals surface area contributed by atoms with E-state index in [2.05, 4.69) is 0 Å². The van der Waals surface area contributed by atoms with Gasteiger partial charge in [0, 0.05) is 0 Å². The second-order valence-electron chi connectivity index (χ2n) is 2.81. The number of rotatable bonds is 4. The number of halogens is 3. The third-order valence-corrected chi connectivity index (χ3v) is 3.74. The number of nitrogens with two attached hydrogens (primary N) is 1. The molecule has 3 nitrogen and oxygen atoms in total. The van der Waals surface area contributed by atoms with Gasteiger partial charge in [-0.25, -0.2) is 8.42 Å². The van der Waals surface area contributed by atoms with Crippen LogP contribution in [0.4, 0.5) is 13.2 Å². The fourth-order valence-electron chi connectivity index (χ4n) is 0.785. The minimum absolute atomic E-state index is 0.0540. The second-order valence-corrected chi connectivity index (χ2v) is 5.23. The van der Waals surface area contributed by atoms with E-state index >= 15 is 0 Å². The second kappa shape index (κ2) is 4.28. The van der Waals surface area contributed by atoms with Gasteiger partial charge in [0.2, 0.25) is 0 Å². The van der Waals surface area contributed by atoms with E-state index in [9.17, 15) is 21.6 Å². The van der Waals surface area contributed by atoms with E-state index in [-0.39, 0.29) is 13.0 Å². The molecule has 0 amide bonds. The van der Waals surface area contributed by atoms with Gasteiger partial charge >= 0.3 is 6.18 Å². The van der Waals surface area contributed by atoms with Gasteiger partial charge < -0.3 is 5.73 Å². The Kier molecular flexibility index (Phi) is 4.18. The molecule has 0 radical (unpaired) electrons. The Bertz CT molecular complexity index is 247. The van der Waals surface area contributed by atoms with E-state index in [0.29, 0.717) is 0 Å². The molecule has 0 saturated heterocycles. The fraction of sp³-hybridized carbons (Fsp3) is 1.00. The zero-order valence-corrected chi connectivity index (χ0v) is 7.95. The van der Waals surface area contributed by atoms with Gasteiger partial charge in [0.05, 0.1) is 5.25 Å². The molecule has 7 heteroatoms. The van der Waals surface area contributed by atoms with E-state index in [1.54, 1.807) is 0 Å². The average Bonchev–Trinajstić information content (AvgIpc) is 1.82. The summed E-state index contributed by atoms with van der Waals surface area (Å²) in [5, 5.41) is -1.03. The largest absolute Gasteiger partial charge is 0.402 e. The van der Waals surface area contributed by atoms with Crippen LogP contribution in [0.1, 0.15) is 13.3 Å². The van der Waals surface area contributed by atoms with Crippen LogP contribution in [0, 0.1) is 0 Å². The van der Waals surface area contributed by atoms with Crippen LogP contribution in [-0.2, 0) is 9.84 Å². The molecular weight excluding hydrogens is 207 g/mol. The average molecular weight is 219 g/mol. The molecule has 80 valence electrons. The maximum Gasteiger partial charge on any atom is 0.402 e. The summed E-state index contributed by atoms with van der Waals surface area (Å²) in [7, 11) is -4.09. The molecule has 0 aliphatic carbocycles. The minimum Gasteiger partial charge on any atom is -0.330 e. The van der Waals surface area contributed by atoms with Crippen molar-refractivity contribution in [3.05, 3.63) is 0 Å². The minimum atomic E-state index is -4.66. The lowest BCUT2D eigenvalue weighted by molar-refractivity contribution is -0.106. The van der Waals surface area contributed by atoms with Gasteiger partial charge in [-0.2, -0.15) is 13.2 Å². The van der Waals surface area contributed by atoms with Crippen LogP contribution >= 0.6 is 0 Å². The molecule has 0 heterocycles. The first-order valence-electron chi connectivity index (χ1n) is 3.67. The van der Waals surface area contributed by atoms with Gasteiger partial charge in [0.15, 0.2) is 9.84 Å². The van der Waals surface area contributed by atoms with Crippen molar-refractivity contribution in [2.24, 2.45) is 5.73 Å². The van der Waals surface area contributed by atoms with Gasteiger partial charge in [-0.3, -0.25) is 0 Å². The Balaban J connectivity index is 4.41. The van der Waals surface area contributed by atoms with E-state index in [1.807, 2.05) is 0 Å². The normalized spacial score (nSPS) is 15.8. The van der Waals surface area contributed by atoms with Crippen LogP contribution in [0.15, 0.2) is 0 Å². The Labute approximate surface area is 75.0 Å². The molecule has 1 atom stereocenters. The third kappa shape index (κ3) is 5.09. The highest BCUT2D eigenvalue weighted by Gasteiger charge is 2.37. The lowest BCUT2D eigenvalue weighted by Gasteiger charge is -2.13. The van der Waals surface area contributed by atoms with Crippen LogP contribution in [0.25, 0.3) is 0 Å². The topological polar surface area (TPSA) is 60.2 Å². The molecule has 0 bridgehead atoms. The first-order chi connectivity index (χ1) is 5.69. The van der Waals surface area contributed by atoms with Crippen molar-refractivity contribution >= 4 is 9.84 Å². The van der Waals surface area contributed by atoms with E-state index < -0.39 is 27.0 Å². The maximum atomic E-state index is 11.7. The Morgan fingerprint density at radius 2 is 1.85 bits per heavy atom. The molecule has 0 aliphatic rings. The molecule has 0 rings (SSSR count). The molecule has 13 heavy (non-hydrogen) atoms. The summed E-state index contributed by atoms with van der Waals surface area (Å²) in [6.07, 6.45) is -4.61. The fourth-order valence-corrected chi connectivity index (χ4v) is 2.02. The summed E-state index contributed by atoms with van der Waals surface area (Å²) in [6.45, 7) is 1.30. The van der Waals surface area contributed by atoms with Crippen molar-refractivity contribution < 1.29 is 21.6 Å². The third-order valence-electron chi connectivity index (χ3n) is 1.55. The maximum absolute atomic E-state index is 11.7. The monoisotopic (exact) mass is 219 g/mol. The van der Waals surface area contributed by atoms with Crippen molar-refractivity contribution in [2.45, 2.75) is 24.8 Å². The zero-order chi connectivity index (χ0) is 10.7. The van der Waals surface area contributed by atoms with Crippen molar-refractivity contribution in [2.75, 3.05) is 12.3 Å². The first kappa shape index (κ1) is 12.7. The van der Waals surface area contributed by atoms with Gasteiger partial charge in [0.25, 0.3) is 0 Å². The highest BCUT2D eigenvalue weighted by Crippen LogP contribution is 2.20. The quantitative estimate of drug-likeness (QED) is 0.757. The Hall–Kier alpha value is -0.300. The molecule has 0 aromatic heterocycles. The predicted octanol–water partition coefficient (Wildman–Crippen LogP) is 0.701. The SMILES string of the molecule is CC(CCN)S(=O)(=O)CC(F)(F)F. The van der Waals surface area contributed by atoms with Gasteiger partial charge in [-0.1, -0.05) is 0 Å². The van der Waals surface area contributed by atoms with Crippen LogP contribution in [0.2, 0.25) is 0 Å². The van der Waals surface area contributed by atoms with E-state index in [4.69, 9.17) is 5.73 Å². The van der Waals surface area contributed by atoms with Crippen molar-refractivity contribution in [3.63, 3.8) is 0 Å². The highest BCUT2D eigenvalue weighted by molar-refractivity contribution is 7.92. The number of alkyl halides is 3. The summed E-state index contributed by atoms with van der Waals surface area (Å²) in [6, 6.07) is 0. The van der Waals surface area contributed by atoms with Crippen molar-refractivity contribution in [3.8, 4) is 0 Å². The molecule has 0 spiro atoms. The molecule has 2 N–H and O–H groups in total. The number of sulfone groups is 1. The van der Waals surface area contributed by atoms with Gasteiger partial charge in [0.1, 0.15) is 5.75 Å². The summed E-state index contributed by atoms with van der Waals surface area (Å²) in [5.74, 6) is -1.76. The van der Waals surface area contributed by atoms with Gasteiger partial charge in [-0.15, -0.1) is 0 Å². The Morgan fingerprint density at radius 3 is 2.15 bits per heavy atom. The predicted molar refractivity (Wildman–Crippen MR) is 43.0 cm³/mol. The highest BCUT2D eigenvalue weighted by atomic mass is 32.2. The summed E-state index contributed by atoms with van der Waals surface area (Å²) in [4.78, 5) is 0. The summed E-state index contributed by atoms with van der Waals surface area (Å²) in [5.41, 5.74) is 5.04. The lowest BCUT2D eigenvalue weighted by atomic mass is 10.3. The Morgan fingerprint density at radius 1 is 1.38 bits per heavy atom. The molecular formula is C6H12F3NO2S. The summed E-state index contributed by atoms with van der Waals surface area (Å²) < 4.78 is 57.1. The lowest BCUT2D eigenvalue weighted by Crippen LogP contribution is -2.31. The van der Waals surface area contributed by atoms with Crippen molar-refractivity contribution in [1.82, 2.24) is 0 Å². The first-order valence-corrected chi connectivity index (χ1v) is 5.39. The zero-order valence-electron chi connectivity index (χ0n) is 7.13. The molecule has 0 saturated carbocycles. The standard InChI is InChI=1S/C6H12F3NO2S/c1-5(2-3-10)13(11,12)4-6(7,8)9/h5H,2-4,10H2,1H3. The van der Waals surface area contributed by atoms with Crippen LogP contribution in [0.3, 0.4) is 0 Å². The molecule has 0 aromatic rings. The van der Waals surface area contributed by atoms with E-state index in [1.165, 1.54) is 6.92 Å². The smallest absolute Gasteiger partial charge is 0.330 e. The van der Waals surface area contributed by atoms with Gasteiger partial charge in [-0.05, 0) is 19.9 Å². The summed E-state index contributed by atoms with van der Waals surface area (Å²) >= 11 is 0. The molecule has 0 fully saturated rings. The molecule has 1 unspecified atom stereocenters.